The van der Waals surface area contributed by atoms with Crippen LogP contribution in [0.25, 0.3) is 0 Å². The summed E-state index contributed by atoms with van der Waals surface area (Å²) in [6.07, 6.45) is 2.95. The molecule has 1 aromatic heterocycles. The molecule has 1 aromatic carbocycles. The molecule has 24 heavy (non-hydrogen) atoms. The molecule has 0 saturated carbocycles. The number of amides is 3. The predicted octanol–water partition coefficient (Wildman–Crippen LogP) is 2.94. The molecule has 0 radical (unpaired) electrons. The molecule has 3 amide bonds. The first kappa shape index (κ1) is 15.1. The van der Waals surface area contributed by atoms with Gasteiger partial charge in [0.2, 0.25) is 0 Å². The molecule has 1 N–H and O–H groups in total. The number of hydrogen-bond donors (Lipinski definition) is 1. The molecular weight excluding hydrogens is 326 g/mol. The number of rotatable bonds is 2. The number of halogens is 1. The van der Waals surface area contributed by atoms with Crippen molar-refractivity contribution in [1.29, 1.82) is 0 Å². The summed E-state index contributed by atoms with van der Waals surface area (Å²) in [5.41, 5.74) is 2.60. The molecule has 6 heteroatoms. The monoisotopic (exact) mass is 341 g/mol. The van der Waals surface area contributed by atoms with Crippen molar-refractivity contribution in [2.24, 2.45) is 0 Å². The van der Waals surface area contributed by atoms with Gasteiger partial charge in [0.25, 0.3) is 5.91 Å². The number of urea groups is 1. The molecule has 1 saturated heterocycles. The zero-order chi connectivity index (χ0) is 16.9. The standard InChI is InChI=1S/C18H16ClN3O2/c1-11-3-2-8-20-15(11)10-22-16(23)18(21-17(22)24)7-6-12-9-13(19)4-5-14(12)18/h2-5,8-9H,6-7,10H2,1H3,(H,21,24). The van der Waals surface area contributed by atoms with Crippen molar-refractivity contribution in [3.63, 3.8) is 0 Å². The van der Waals surface area contributed by atoms with Crippen LogP contribution in [-0.4, -0.2) is 21.8 Å². The van der Waals surface area contributed by atoms with Crippen molar-refractivity contribution in [2.75, 3.05) is 0 Å². The van der Waals surface area contributed by atoms with Gasteiger partial charge >= 0.3 is 6.03 Å². The first-order valence-corrected chi connectivity index (χ1v) is 8.22. The van der Waals surface area contributed by atoms with Crippen molar-refractivity contribution < 1.29 is 9.59 Å². The van der Waals surface area contributed by atoms with Gasteiger partial charge in [-0.05, 0) is 54.7 Å². The molecule has 0 bridgehead atoms. The number of hydrogen-bond acceptors (Lipinski definition) is 3. The number of carbonyl (C=O) groups is 2. The minimum absolute atomic E-state index is 0.183. The lowest BCUT2D eigenvalue weighted by Gasteiger charge is -2.22. The highest BCUT2D eigenvalue weighted by atomic mass is 35.5. The Bertz CT molecular complexity index is 867. The Balaban J connectivity index is 1.70. The molecule has 1 aliphatic carbocycles. The van der Waals surface area contributed by atoms with E-state index in [4.69, 9.17) is 11.6 Å². The van der Waals surface area contributed by atoms with Crippen LogP contribution in [0.5, 0.6) is 0 Å². The number of carbonyl (C=O) groups excluding carboxylic acids is 2. The molecule has 1 spiro atoms. The molecule has 2 aliphatic rings. The molecule has 5 nitrogen and oxygen atoms in total. The molecule has 1 unspecified atom stereocenters. The fourth-order valence-corrected chi connectivity index (χ4v) is 3.79. The Morgan fingerprint density at radius 1 is 1.33 bits per heavy atom. The molecular formula is C18H16ClN3O2. The largest absolute Gasteiger partial charge is 0.325 e. The second-order valence-corrected chi connectivity index (χ2v) is 6.73. The highest BCUT2D eigenvalue weighted by molar-refractivity contribution is 6.30. The van der Waals surface area contributed by atoms with Crippen LogP contribution in [0.1, 0.15) is 28.8 Å². The lowest BCUT2D eigenvalue weighted by Crippen LogP contribution is -2.41. The fourth-order valence-electron chi connectivity index (χ4n) is 3.60. The molecule has 1 atom stereocenters. The SMILES string of the molecule is Cc1cccnc1CN1C(=O)NC2(CCc3cc(Cl)ccc32)C1=O. The lowest BCUT2D eigenvalue weighted by molar-refractivity contribution is -0.132. The van der Waals surface area contributed by atoms with Crippen molar-refractivity contribution in [1.82, 2.24) is 15.2 Å². The Morgan fingerprint density at radius 3 is 2.96 bits per heavy atom. The van der Waals surface area contributed by atoms with Crippen LogP contribution in [-0.2, 0) is 23.3 Å². The maximum Gasteiger partial charge on any atom is 0.325 e. The zero-order valence-electron chi connectivity index (χ0n) is 13.2. The summed E-state index contributed by atoms with van der Waals surface area (Å²) < 4.78 is 0. The van der Waals surface area contributed by atoms with E-state index < -0.39 is 5.54 Å². The van der Waals surface area contributed by atoms with Gasteiger partial charge in [-0.15, -0.1) is 0 Å². The number of nitrogens with one attached hydrogen (secondary N) is 1. The van der Waals surface area contributed by atoms with Crippen LogP contribution < -0.4 is 5.32 Å². The molecule has 1 fully saturated rings. The second-order valence-electron chi connectivity index (χ2n) is 6.30. The Labute approximate surface area is 144 Å². The highest BCUT2D eigenvalue weighted by Gasteiger charge is 2.55. The summed E-state index contributed by atoms with van der Waals surface area (Å²) >= 11 is 6.05. The van der Waals surface area contributed by atoms with Gasteiger partial charge in [0, 0.05) is 11.2 Å². The Morgan fingerprint density at radius 2 is 2.17 bits per heavy atom. The Kier molecular flexibility index (Phi) is 3.35. The average molecular weight is 342 g/mol. The van der Waals surface area contributed by atoms with Crippen LogP contribution in [0.2, 0.25) is 5.02 Å². The quantitative estimate of drug-likeness (QED) is 0.854. The van der Waals surface area contributed by atoms with Gasteiger partial charge < -0.3 is 5.32 Å². The van der Waals surface area contributed by atoms with E-state index >= 15 is 0 Å². The summed E-state index contributed by atoms with van der Waals surface area (Å²) in [5, 5.41) is 3.55. The van der Waals surface area contributed by atoms with E-state index in [1.165, 1.54) is 4.90 Å². The second kappa shape index (κ2) is 5.31. The van der Waals surface area contributed by atoms with E-state index in [-0.39, 0.29) is 18.5 Å². The number of pyridine rings is 1. The zero-order valence-corrected chi connectivity index (χ0v) is 13.9. The van der Waals surface area contributed by atoms with Crippen LogP contribution in [0.3, 0.4) is 0 Å². The minimum atomic E-state index is -0.959. The van der Waals surface area contributed by atoms with E-state index in [0.717, 1.165) is 28.8 Å². The van der Waals surface area contributed by atoms with Crippen LogP contribution in [0.4, 0.5) is 4.79 Å². The van der Waals surface area contributed by atoms with Gasteiger partial charge in [0.1, 0.15) is 5.54 Å². The average Bonchev–Trinajstić information content (AvgIpc) is 3.02. The lowest BCUT2D eigenvalue weighted by atomic mass is 9.92. The topological polar surface area (TPSA) is 62.3 Å². The van der Waals surface area contributed by atoms with Crippen LogP contribution >= 0.6 is 11.6 Å². The number of benzene rings is 1. The number of nitrogens with zero attached hydrogens (tertiary/aromatic N) is 2. The molecule has 122 valence electrons. The third-order valence-electron chi connectivity index (χ3n) is 4.90. The third kappa shape index (κ3) is 2.12. The maximum atomic E-state index is 13.1. The van der Waals surface area contributed by atoms with Gasteiger partial charge in [-0.25, -0.2) is 4.79 Å². The number of imide groups is 1. The molecule has 2 aromatic rings. The summed E-state index contributed by atoms with van der Waals surface area (Å²) in [5.74, 6) is -0.210. The fraction of sp³-hybridized carbons (Fsp3) is 0.278. The van der Waals surface area contributed by atoms with Crippen LogP contribution in [0, 0.1) is 6.92 Å². The van der Waals surface area contributed by atoms with Gasteiger partial charge in [-0.2, -0.15) is 0 Å². The van der Waals surface area contributed by atoms with Crippen molar-refractivity contribution in [3.8, 4) is 0 Å². The normalized spacial score (nSPS) is 22.2. The molecule has 4 rings (SSSR count). The number of aromatic nitrogens is 1. The van der Waals surface area contributed by atoms with Crippen LogP contribution in [0.15, 0.2) is 36.5 Å². The molecule has 2 heterocycles. The highest BCUT2D eigenvalue weighted by Crippen LogP contribution is 2.42. The van der Waals surface area contributed by atoms with Gasteiger partial charge in [0.15, 0.2) is 0 Å². The van der Waals surface area contributed by atoms with E-state index in [0.29, 0.717) is 11.4 Å². The van der Waals surface area contributed by atoms with E-state index in [1.54, 1.807) is 12.3 Å². The van der Waals surface area contributed by atoms with E-state index in [9.17, 15) is 9.59 Å². The number of aryl methyl sites for hydroxylation is 2. The maximum absolute atomic E-state index is 13.1. The minimum Gasteiger partial charge on any atom is -0.319 e. The van der Waals surface area contributed by atoms with E-state index in [1.807, 2.05) is 31.2 Å². The summed E-state index contributed by atoms with van der Waals surface area (Å²) in [4.78, 5) is 31.1. The molecule has 1 aliphatic heterocycles. The first-order chi connectivity index (χ1) is 11.5. The first-order valence-electron chi connectivity index (χ1n) is 7.85. The van der Waals surface area contributed by atoms with E-state index in [2.05, 4.69) is 10.3 Å². The van der Waals surface area contributed by atoms with Gasteiger partial charge in [-0.1, -0.05) is 23.7 Å². The van der Waals surface area contributed by atoms with Gasteiger partial charge in [-0.3, -0.25) is 14.7 Å². The summed E-state index contributed by atoms with van der Waals surface area (Å²) in [7, 11) is 0. The van der Waals surface area contributed by atoms with Crippen molar-refractivity contribution in [3.05, 3.63) is 63.9 Å². The van der Waals surface area contributed by atoms with Gasteiger partial charge in [0.05, 0.1) is 12.2 Å². The smallest absolute Gasteiger partial charge is 0.319 e. The third-order valence-corrected chi connectivity index (χ3v) is 5.13. The Hall–Kier alpha value is -2.40. The summed E-state index contributed by atoms with van der Waals surface area (Å²) in [6.45, 7) is 2.10. The predicted molar refractivity (Wildman–Crippen MR) is 89.5 cm³/mol. The van der Waals surface area contributed by atoms with Crippen molar-refractivity contribution in [2.45, 2.75) is 31.8 Å². The summed E-state index contributed by atoms with van der Waals surface area (Å²) in [6, 6.07) is 8.87. The van der Waals surface area contributed by atoms with Crippen molar-refractivity contribution >= 4 is 23.5 Å². The number of fused-ring (bicyclic) bond motifs is 2.